The summed E-state index contributed by atoms with van der Waals surface area (Å²) in [6.45, 7) is 0. The standard InChI is InChI=1S/C41H72O6/c42-36-11-5-26(6-12-36)18-32-20-28(9-15-39(32)45)17-30-23-34(41(47)35(24-30)25-31-3-1-2-4-38(31)44)22-29-10-16-40(46)33(21-29)19-27-7-13-37(43)14-8-27/h26-47H,1-25H2. The summed E-state index contributed by atoms with van der Waals surface area (Å²) in [5.74, 6) is 4.78. The summed E-state index contributed by atoms with van der Waals surface area (Å²) in [5, 5.41) is 64.9. The lowest BCUT2D eigenvalue weighted by atomic mass is 9.62. The molecule has 6 aliphatic carbocycles. The Bertz CT molecular complexity index is 914. The molecule has 0 aromatic carbocycles. The van der Waals surface area contributed by atoms with Gasteiger partial charge in [-0.1, -0.05) is 12.8 Å². The minimum Gasteiger partial charge on any atom is -0.393 e. The number of aliphatic hydroxyl groups is 6. The van der Waals surface area contributed by atoms with E-state index in [2.05, 4.69) is 0 Å². The van der Waals surface area contributed by atoms with E-state index in [1.54, 1.807) is 0 Å². The predicted octanol–water partition coefficient (Wildman–Crippen LogP) is 7.15. The van der Waals surface area contributed by atoms with Gasteiger partial charge in [0.25, 0.3) is 0 Å². The molecule has 0 bridgehead atoms. The van der Waals surface area contributed by atoms with E-state index in [4.69, 9.17) is 0 Å². The number of aliphatic hydroxyl groups excluding tert-OH is 6. The average molecular weight is 661 g/mol. The molecule has 6 fully saturated rings. The van der Waals surface area contributed by atoms with Crippen LogP contribution in [0.15, 0.2) is 0 Å². The van der Waals surface area contributed by atoms with Crippen molar-refractivity contribution >= 4 is 0 Å². The molecule has 6 nitrogen and oxygen atoms in total. The van der Waals surface area contributed by atoms with Gasteiger partial charge >= 0.3 is 0 Å². The largest absolute Gasteiger partial charge is 0.393 e. The maximum absolute atomic E-state index is 12.0. The molecular weight excluding hydrogens is 588 g/mol. The van der Waals surface area contributed by atoms with E-state index in [-0.39, 0.29) is 42.5 Å². The van der Waals surface area contributed by atoms with Gasteiger partial charge < -0.3 is 30.6 Å². The van der Waals surface area contributed by atoms with E-state index in [1.807, 2.05) is 0 Å². The molecule has 6 saturated carbocycles. The van der Waals surface area contributed by atoms with Crippen molar-refractivity contribution in [2.75, 3.05) is 0 Å². The average Bonchev–Trinajstić information content (AvgIpc) is 3.06. The molecule has 0 heterocycles. The van der Waals surface area contributed by atoms with Crippen LogP contribution in [-0.4, -0.2) is 67.3 Å². The Hall–Kier alpha value is -0.240. The van der Waals surface area contributed by atoms with Crippen molar-refractivity contribution in [3.63, 3.8) is 0 Å². The van der Waals surface area contributed by atoms with Gasteiger partial charge in [0.15, 0.2) is 0 Å². The molecule has 0 saturated heterocycles. The van der Waals surface area contributed by atoms with Gasteiger partial charge in [-0.2, -0.15) is 0 Å². The lowest BCUT2D eigenvalue weighted by molar-refractivity contribution is -0.0509. The van der Waals surface area contributed by atoms with Crippen LogP contribution >= 0.6 is 0 Å². The van der Waals surface area contributed by atoms with E-state index >= 15 is 0 Å². The minimum atomic E-state index is -0.284. The zero-order chi connectivity index (χ0) is 32.9. The second kappa shape index (κ2) is 17.3. The molecule has 0 amide bonds. The van der Waals surface area contributed by atoms with E-state index in [0.717, 1.165) is 148 Å². The highest BCUT2D eigenvalue weighted by molar-refractivity contribution is 4.93. The van der Waals surface area contributed by atoms with Crippen LogP contribution in [-0.2, 0) is 0 Å². The molecule has 12 atom stereocenters. The summed E-state index contributed by atoms with van der Waals surface area (Å²) >= 11 is 0. The first kappa shape index (κ1) is 36.5. The van der Waals surface area contributed by atoms with Gasteiger partial charge in [-0.05, 0) is 207 Å². The summed E-state index contributed by atoms with van der Waals surface area (Å²) in [6, 6.07) is 0. The van der Waals surface area contributed by atoms with Crippen molar-refractivity contribution in [3.05, 3.63) is 0 Å². The van der Waals surface area contributed by atoms with Crippen molar-refractivity contribution in [2.24, 2.45) is 59.2 Å². The molecule has 6 aliphatic rings. The van der Waals surface area contributed by atoms with E-state index in [9.17, 15) is 30.6 Å². The predicted molar refractivity (Wildman–Crippen MR) is 186 cm³/mol. The lowest BCUT2D eigenvalue weighted by Crippen LogP contribution is -2.42. The fourth-order valence-electron chi connectivity index (χ4n) is 12.3. The van der Waals surface area contributed by atoms with Gasteiger partial charge in [0.05, 0.1) is 36.6 Å². The van der Waals surface area contributed by atoms with Gasteiger partial charge in [0, 0.05) is 0 Å². The summed E-state index contributed by atoms with van der Waals surface area (Å²) in [6.07, 6.45) is 25.2. The smallest absolute Gasteiger partial charge is 0.0596 e. The molecule has 0 aliphatic heterocycles. The number of hydrogen-bond acceptors (Lipinski definition) is 6. The zero-order valence-corrected chi connectivity index (χ0v) is 29.6. The molecule has 47 heavy (non-hydrogen) atoms. The maximum Gasteiger partial charge on any atom is 0.0596 e. The van der Waals surface area contributed by atoms with Crippen LogP contribution in [0.2, 0.25) is 0 Å². The van der Waals surface area contributed by atoms with Crippen LogP contribution in [0.4, 0.5) is 0 Å². The van der Waals surface area contributed by atoms with Crippen molar-refractivity contribution in [1.82, 2.24) is 0 Å². The van der Waals surface area contributed by atoms with Gasteiger partial charge in [0.2, 0.25) is 0 Å². The topological polar surface area (TPSA) is 121 Å². The Balaban J connectivity index is 1.08. The quantitative estimate of drug-likeness (QED) is 0.148. The first-order valence-electron chi connectivity index (χ1n) is 20.8. The highest BCUT2D eigenvalue weighted by Gasteiger charge is 2.43. The fraction of sp³-hybridized carbons (Fsp3) is 1.00. The number of rotatable bonds is 10. The van der Waals surface area contributed by atoms with Crippen LogP contribution in [0, 0.1) is 59.2 Å². The first-order chi connectivity index (χ1) is 22.7. The van der Waals surface area contributed by atoms with Crippen LogP contribution in [0.25, 0.3) is 0 Å². The fourth-order valence-corrected chi connectivity index (χ4v) is 12.3. The molecule has 12 unspecified atom stereocenters. The van der Waals surface area contributed by atoms with Gasteiger partial charge in [-0.15, -0.1) is 0 Å². The molecule has 6 heteroatoms. The SMILES string of the molecule is OC1CCC(CC2CC(CC3CC(CC4CCC(O)C(CC5CCC(O)CC5)C4)C(O)C(CC4CCCCC4O)C3)CCC2O)CC1. The van der Waals surface area contributed by atoms with E-state index < -0.39 is 0 Å². The molecule has 6 N–H and O–H groups in total. The summed E-state index contributed by atoms with van der Waals surface area (Å²) in [7, 11) is 0. The molecule has 6 rings (SSSR count). The van der Waals surface area contributed by atoms with E-state index in [1.165, 1.54) is 12.8 Å². The van der Waals surface area contributed by atoms with E-state index in [0.29, 0.717) is 53.3 Å². The highest BCUT2D eigenvalue weighted by atomic mass is 16.3. The Kier molecular flexibility index (Phi) is 13.5. The monoisotopic (exact) mass is 661 g/mol. The Morgan fingerprint density at radius 3 is 1.23 bits per heavy atom. The molecule has 0 aromatic rings. The normalized spacial score (nSPS) is 48.6. The molecule has 0 aromatic heterocycles. The maximum atomic E-state index is 12.0. The third-order valence-electron chi connectivity index (χ3n) is 15.0. The Morgan fingerprint density at radius 1 is 0.298 bits per heavy atom. The lowest BCUT2D eigenvalue weighted by Gasteiger charge is -2.45. The summed E-state index contributed by atoms with van der Waals surface area (Å²) in [5.41, 5.74) is 0. The van der Waals surface area contributed by atoms with Crippen molar-refractivity contribution < 1.29 is 30.6 Å². The van der Waals surface area contributed by atoms with Gasteiger partial charge in [-0.3, -0.25) is 0 Å². The Labute approximate surface area is 286 Å². The first-order valence-corrected chi connectivity index (χ1v) is 20.8. The zero-order valence-electron chi connectivity index (χ0n) is 29.6. The highest BCUT2D eigenvalue weighted by Crippen LogP contribution is 2.48. The Morgan fingerprint density at radius 2 is 0.702 bits per heavy atom. The molecule has 0 radical (unpaired) electrons. The van der Waals surface area contributed by atoms with Crippen LogP contribution < -0.4 is 0 Å². The van der Waals surface area contributed by atoms with Crippen molar-refractivity contribution in [2.45, 2.75) is 197 Å². The second-order valence-corrected chi connectivity index (χ2v) is 18.5. The van der Waals surface area contributed by atoms with Gasteiger partial charge in [-0.25, -0.2) is 0 Å². The van der Waals surface area contributed by atoms with Crippen LogP contribution in [0.5, 0.6) is 0 Å². The molecule has 0 spiro atoms. The third-order valence-corrected chi connectivity index (χ3v) is 15.0. The second-order valence-electron chi connectivity index (χ2n) is 18.5. The van der Waals surface area contributed by atoms with Gasteiger partial charge in [0.1, 0.15) is 0 Å². The minimum absolute atomic E-state index is 0.121. The molecular formula is C41H72O6. The van der Waals surface area contributed by atoms with Crippen molar-refractivity contribution in [3.8, 4) is 0 Å². The number of hydrogen-bond donors (Lipinski definition) is 6. The summed E-state index contributed by atoms with van der Waals surface area (Å²) in [4.78, 5) is 0. The van der Waals surface area contributed by atoms with Crippen LogP contribution in [0.1, 0.15) is 161 Å². The third kappa shape index (κ3) is 10.2. The molecule has 272 valence electrons. The summed E-state index contributed by atoms with van der Waals surface area (Å²) < 4.78 is 0. The van der Waals surface area contributed by atoms with Crippen LogP contribution in [0.3, 0.4) is 0 Å². The van der Waals surface area contributed by atoms with Crippen molar-refractivity contribution in [1.29, 1.82) is 0 Å².